The SMILES string of the molecule is Nc1ccc(SCC(=O)Nc2ccccc2I)nc1. The van der Waals surface area contributed by atoms with Crippen LogP contribution >= 0.6 is 34.4 Å². The normalized spacial score (nSPS) is 10.2. The third-order valence-electron chi connectivity index (χ3n) is 2.26. The third-order valence-corrected chi connectivity index (χ3v) is 4.14. The number of nitrogens with two attached hydrogens (primary N) is 1. The molecule has 0 aliphatic rings. The molecule has 1 aromatic heterocycles. The molecule has 6 heteroatoms. The number of pyridine rings is 1. The van der Waals surface area contributed by atoms with Gasteiger partial charge in [-0.25, -0.2) is 4.98 Å². The first-order chi connectivity index (χ1) is 9.15. The summed E-state index contributed by atoms with van der Waals surface area (Å²) in [5, 5.41) is 3.66. The summed E-state index contributed by atoms with van der Waals surface area (Å²) < 4.78 is 1.02. The Balaban J connectivity index is 1.88. The minimum atomic E-state index is -0.0484. The number of anilines is 2. The largest absolute Gasteiger partial charge is 0.397 e. The lowest BCUT2D eigenvalue weighted by Crippen LogP contribution is -2.14. The molecule has 19 heavy (non-hydrogen) atoms. The Morgan fingerprint density at radius 3 is 2.79 bits per heavy atom. The van der Waals surface area contributed by atoms with Gasteiger partial charge in [-0.05, 0) is 46.9 Å². The minimum Gasteiger partial charge on any atom is -0.397 e. The molecule has 4 nitrogen and oxygen atoms in total. The van der Waals surface area contributed by atoms with Crippen molar-refractivity contribution < 1.29 is 4.79 Å². The van der Waals surface area contributed by atoms with Crippen LogP contribution in [-0.4, -0.2) is 16.6 Å². The van der Waals surface area contributed by atoms with Crippen molar-refractivity contribution >= 4 is 51.6 Å². The average molecular weight is 385 g/mol. The van der Waals surface area contributed by atoms with Gasteiger partial charge in [0.25, 0.3) is 0 Å². The molecule has 0 fully saturated rings. The topological polar surface area (TPSA) is 68.0 Å². The van der Waals surface area contributed by atoms with Crippen LogP contribution in [0.2, 0.25) is 0 Å². The molecular weight excluding hydrogens is 373 g/mol. The molecule has 0 aliphatic carbocycles. The lowest BCUT2D eigenvalue weighted by atomic mass is 10.3. The predicted molar refractivity (Wildman–Crippen MR) is 87.2 cm³/mol. The number of benzene rings is 1. The molecule has 3 N–H and O–H groups in total. The fourth-order valence-corrected chi connectivity index (χ4v) is 2.53. The molecule has 1 aromatic carbocycles. The first-order valence-electron chi connectivity index (χ1n) is 5.54. The predicted octanol–water partition coefficient (Wildman–Crippen LogP) is 3.00. The molecule has 1 amide bonds. The van der Waals surface area contributed by atoms with Crippen molar-refractivity contribution in [3.8, 4) is 0 Å². The highest BCUT2D eigenvalue weighted by Gasteiger charge is 2.06. The summed E-state index contributed by atoms with van der Waals surface area (Å²) in [7, 11) is 0. The van der Waals surface area contributed by atoms with E-state index in [2.05, 4.69) is 32.9 Å². The number of aromatic nitrogens is 1. The maximum atomic E-state index is 11.8. The number of rotatable bonds is 4. The Labute approximate surface area is 129 Å². The highest BCUT2D eigenvalue weighted by Crippen LogP contribution is 2.19. The third kappa shape index (κ3) is 4.39. The second-order valence-corrected chi connectivity index (χ2v) is 5.90. The molecule has 0 saturated carbocycles. The Hall–Kier alpha value is -1.28. The average Bonchev–Trinajstić information content (AvgIpc) is 2.41. The fraction of sp³-hybridized carbons (Fsp3) is 0.0769. The number of carbonyl (C=O) groups is 1. The van der Waals surface area contributed by atoms with Crippen LogP contribution in [0.3, 0.4) is 0 Å². The van der Waals surface area contributed by atoms with Gasteiger partial charge in [0.15, 0.2) is 0 Å². The summed E-state index contributed by atoms with van der Waals surface area (Å²) in [4.78, 5) is 15.9. The fourth-order valence-electron chi connectivity index (χ4n) is 1.37. The van der Waals surface area contributed by atoms with E-state index in [1.807, 2.05) is 24.3 Å². The van der Waals surface area contributed by atoms with Gasteiger partial charge in [-0.3, -0.25) is 4.79 Å². The number of nitrogens with zero attached hydrogens (tertiary/aromatic N) is 1. The Morgan fingerprint density at radius 1 is 1.32 bits per heavy atom. The standard InChI is InChI=1S/C13H12IN3OS/c14-10-3-1-2-4-11(10)17-12(18)8-19-13-6-5-9(15)7-16-13/h1-7H,8,15H2,(H,17,18). The Bertz CT molecular complexity index is 574. The summed E-state index contributed by atoms with van der Waals surface area (Å²) in [6.45, 7) is 0. The van der Waals surface area contributed by atoms with Crippen LogP contribution in [0.4, 0.5) is 11.4 Å². The van der Waals surface area contributed by atoms with Gasteiger partial charge in [0.1, 0.15) is 0 Å². The van der Waals surface area contributed by atoms with Gasteiger partial charge in [0.05, 0.1) is 28.4 Å². The summed E-state index contributed by atoms with van der Waals surface area (Å²) >= 11 is 3.57. The van der Waals surface area contributed by atoms with Gasteiger partial charge in [0, 0.05) is 3.57 Å². The van der Waals surface area contributed by atoms with Crippen LogP contribution < -0.4 is 11.1 Å². The minimum absolute atomic E-state index is 0.0484. The molecule has 2 aromatic rings. The molecule has 0 saturated heterocycles. The maximum absolute atomic E-state index is 11.8. The van der Waals surface area contributed by atoms with Crippen LogP contribution in [0.1, 0.15) is 0 Å². The molecule has 2 rings (SSSR count). The van der Waals surface area contributed by atoms with E-state index in [0.717, 1.165) is 14.3 Å². The van der Waals surface area contributed by atoms with E-state index < -0.39 is 0 Å². The van der Waals surface area contributed by atoms with Crippen molar-refractivity contribution in [2.45, 2.75) is 5.03 Å². The Morgan fingerprint density at radius 2 is 2.11 bits per heavy atom. The molecule has 0 bridgehead atoms. The van der Waals surface area contributed by atoms with Crippen molar-refractivity contribution in [1.82, 2.24) is 4.98 Å². The maximum Gasteiger partial charge on any atom is 0.234 e. The highest BCUT2D eigenvalue weighted by atomic mass is 127. The van der Waals surface area contributed by atoms with Crippen LogP contribution in [0.25, 0.3) is 0 Å². The van der Waals surface area contributed by atoms with E-state index in [4.69, 9.17) is 5.73 Å². The molecule has 0 spiro atoms. The van der Waals surface area contributed by atoms with Crippen molar-refractivity contribution in [2.24, 2.45) is 0 Å². The van der Waals surface area contributed by atoms with E-state index in [0.29, 0.717) is 11.4 Å². The molecule has 0 radical (unpaired) electrons. The smallest absolute Gasteiger partial charge is 0.234 e. The summed E-state index contributed by atoms with van der Waals surface area (Å²) in [5.74, 6) is 0.273. The number of para-hydroxylation sites is 1. The number of halogens is 1. The number of nitrogen functional groups attached to an aromatic ring is 1. The van der Waals surface area contributed by atoms with E-state index >= 15 is 0 Å². The van der Waals surface area contributed by atoms with E-state index in [1.54, 1.807) is 18.3 Å². The van der Waals surface area contributed by atoms with E-state index in [9.17, 15) is 4.79 Å². The lowest BCUT2D eigenvalue weighted by Gasteiger charge is -2.06. The molecule has 98 valence electrons. The van der Waals surface area contributed by atoms with E-state index in [-0.39, 0.29) is 5.91 Å². The summed E-state index contributed by atoms with van der Waals surface area (Å²) in [5.41, 5.74) is 7.00. The van der Waals surface area contributed by atoms with E-state index in [1.165, 1.54) is 11.8 Å². The molecule has 0 unspecified atom stereocenters. The zero-order chi connectivity index (χ0) is 13.7. The number of hydrogen-bond acceptors (Lipinski definition) is 4. The zero-order valence-electron chi connectivity index (χ0n) is 9.97. The second-order valence-electron chi connectivity index (χ2n) is 3.75. The van der Waals surface area contributed by atoms with Gasteiger partial charge in [0.2, 0.25) is 5.91 Å². The molecule has 0 atom stereocenters. The first-order valence-corrected chi connectivity index (χ1v) is 7.60. The van der Waals surface area contributed by atoms with Crippen LogP contribution in [-0.2, 0) is 4.79 Å². The monoisotopic (exact) mass is 385 g/mol. The number of nitrogens with one attached hydrogen (secondary N) is 1. The number of thioether (sulfide) groups is 1. The van der Waals surface area contributed by atoms with Crippen molar-refractivity contribution in [3.05, 3.63) is 46.2 Å². The zero-order valence-corrected chi connectivity index (χ0v) is 12.9. The quantitative estimate of drug-likeness (QED) is 0.627. The summed E-state index contributed by atoms with van der Waals surface area (Å²) in [6.07, 6.45) is 1.58. The number of carbonyl (C=O) groups excluding carboxylic acids is 1. The second kappa shape index (κ2) is 6.76. The van der Waals surface area contributed by atoms with Gasteiger partial charge in [-0.1, -0.05) is 23.9 Å². The molecule has 1 heterocycles. The van der Waals surface area contributed by atoms with Gasteiger partial charge in [-0.15, -0.1) is 0 Å². The van der Waals surface area contributed by atoms with Crippen LogP contribution in [0.15, 0.2) is 47.6 Å². The summed E-state index contributed by atoms with van der Waals surface area (Å²) in [6, 6.07) is 11.2. The van der Waals surface area contributed by atoms with Crippen molar-refractivity contribution in [1.29, 1.82) is 0 Å². The van der Waals surface area contributed by atoms with Gasteiger partial charge in [-0.2, -0.15) is 0 Å². The lowest BCUT2D eigenvalue weighted by molar-refractivity contribution is -0.113. The number of hydrogen-bond donors (Lipinski definition) is 2. The molecule has 0 aliphatic heterocycles. The van der Waals surface area contributed by atoms with Gasteiger partial charge >= 0.3 is 0 Å². The first kappa shape index (κ1) is 14.1. The van der Waals surface area contributed by atoms with Gasteiger partial charge < -0.3 is 11.1 Å². The molecular formula is C13H12IN3OS. The van der Waals surface area contributed by atoms with Crippen LogP contribution in [0, 0.1) is 3.57 Å². The number of amides is 1. The van der Waals surface area contributed by atoms with Crippen molar-refractivity contribution in [2.75, 3.05) is 16.8 Å². The Kier molecular flexibility index (Phi) is 5.03. The van der Waals surface area contributed by atoms with Crippen LogP contribution in [0.5, 0.6) is 0 Å². The highest BCUT2D eigenvalue weighted by molar-refractivity contribution is 14.1. The van der Waals surface area contributed by atoms with Crippen molar-refractivity contribution in [3.63, 3.8) is 0 Å².